The van der Waals surface area contributed by atoms with Gasteiger partial charge in [0.05, 0.1) is 23.1 Å². The summed E-state index contributed by atoms with van der Waals surface area (Å²) in [6.45, 7) is 0. The average Bonchev–Trinajstić information content (AvgIpc) is 2.42. The second kappa shape index (κ2) is 4.62. The lowest BCUT2D eigenvalue weighted by atomic mass is 10.2. The van der Waals surface area contributed by atoms with Crippen LogP contribution in [0.2, 0.25) is 0 Å². The van der Waals surface area contributed by atoms with Gasteiger partial charge in [0.15, 0.2) is 5.75 Å². The Morgan fingerprint density at radius 1 is 0.900 bits per heavy atom. The molecule has 0 unspecified atom stereocenters. The van der Waals surface area contributed by atoms with Gasteiger partial charge in [0.2, 0.25) is 0 Å². The average molecular weight is 266 g/mol. The highest BCUT2D eigenvalue weighted by atomic mass is 16.5. The number of rotatable bonds is 2. The summed E-state index contributed by atoms with van der Waals surface area (Å²) in [7, 11) is 0. The largest absolute Gasteiger partial charge is 0.451 e. The van der Waals surface area contributed by atoms with Crippen molar-refractivity contribution in [1.29, 1.82) is 0 Å². The number of para-hydroxylation sites is 1. The second-order valence-corrected chi connectivity index (χ2v) is 4.49. The molecule has 0 fully saturated rings. The third-order valence-corrected chi connectivity index (χ3v) is 2.95. The number of aromatic nitrogens is 1. The molecule has 1 heterocycles. The number of hydrogen-bond acceptors (Lipinski definition) is 5. The molecule has 3 rings (SSSR count). The molecule has 5 heteroatoms. The van der Waals surface area contributed by atoms with E-state index in [1.165, 1.54) is 0 Å². The van der Waals surface area contributed by atoms with Crippen LogP contribution in [-0.2, 0) is 0 Å². The van der Waals surface area contributed by atoms with Crippen molar-refractivity contribution in [2.45, 2.75) is 0 Å². The van der Waals surface area contributed by atoms with E-state index in [2.05, 4.69) is 4.98 Å². The topological polar surface area (TPSA) is 100 Å². The zero-order valence-corrected chi connectivity index (χ0v) is 10.7. The van der Waals surface area contributed by atoms with Crippen molar-refractivity contribution in [2.75, 3.05) is 17.2 Å². The molecule has 0 aliphatic heterocycles. The summed E-state index contributed by atoms with van der Waals surface area (Å²) >= 11 is 0. The molecule has 0 saturated heterocycles. The van der Waals surface area contributed by atoms with Crippen LogP contribution < -0.4 is 21.9 Å². The van der Waals surface area contributed by atoms with E-state index in [0.717, 1.165) is 10.9 Å². The third-order valence-electron chi connectivity index (χ3n) is 2.95. The van der Waals surface area contributed by atoms with Crippen LogP contribution in [0.15, 0.2) is 48.7 Å². The summed E-state index contributed by atoms with van der Waals surface area (Å²) in [6.07, 6.45) is 1.64. The van der Waals surface area contributed by atoms with Crippen LogP contribution in [0.4, 0.5) is 17.1 Å². The van der Waals surface area contributed by atoms with Crippen molar-refractivity contribution in [2.24, 2.45) is 0 Å². The summed E-state index contributed by atoms with van der Waals surface area (Å²) < 4.78 is 5.73. The molecule has 100 valence electrons. The number of nitrogen functional groups attached to an aromatic ring is 3. The molecule has 0 aliphatic rings. The number of nitrogens with two attached hydrogens (primary N) is 3. The molecule has 0 aliphatic carbocycles. The highest BCUT2D eigenvalue weighted by Gasteiger charge is 2.09. The van der Waals surface area contributed by atoms with Gasteiger partial charge < -0.3 is 21.9 Å². The van der Waals surface area contributed by atoms with Gasteiger partial charge in [0, 0.05) is 11.1 Å². The summed E-state index contributed by atoms with van der Waals surface area (Å²) in [6, 6.07) is 12.9. The van der Waals surface area contributed by atoms with Gasteiger partial charge in [-0.15, -0.1) is 0 Å². The minimum atomic E-state index is 0.399. The first-order valence-corrected chi connectivity index (χ1v) is 6.10. The number of fused-ring (bicyclic) bond motifs is 1. The van der Waals surface area contributed by atoms with Crippen molar-refractivity contribution >= 4 is 28.0 Å². The lowest BCUT2D eigenvalue weighted by molar-refractivity contribution is 0.486. The maximum Gasteiger partial charge on any atom is 0.173 e. The molecule has 0 atom stereocenters. The Morgan fingerprint density at radius 2 is 1.60 bits per heavy atom. The molecular weight excluding hydrogens is 252 g/mol. The number of ether oxygens (including phenoxy) is 1. The zero-order chi connectivity index (χ0) is 14.1. The first kappa shape index (κ1) is 12.1. The Hall–Kier alpha value is -2.95. The molecule has 1 aromatic heterocycles. The van der Waals surface area contributed by atoms with Gasteiger partial charge in [-0.1, -0.05) is 18.2 Å². The maximum absolute atomic E-state index is 5.88. The van der Waals surface area contributed by atoms with E-state index < -0.39 is 0 Å². The van der Waals surface area contributed by atoms with E-state index in [9.17, 15) is 0 Å². The monoisotopic (exact) mass is 266 g/mol. The summed E-state index contributed by atoms with van der Waals surface area (Å²) in [5.41, 5.74) is 19.6. The van der Waals surface area contributed by atoms with Crippen molar-refractivity contribution < 1.29 is 4.74 Å². The SMILES string of the molecule is Nc1cc(N)c(Oc2cnc3ccccc3c2)c(N)c1. The Bertz CT molecular complexity index is 763. The summed E-state index contributed by atoms with van der Waals surface area (Å²) in [4.78, 5) is 4.32. The van der Waals surface area contributed by atoms with E-state index in [0.29, 0.717) is 28.6 Å². The third kappa shape index (κ3) is 2.16. The van der Waals surface area contributed by atoms with Gasteiger partial charge in [0.25, 0.3) is 0 Å². The minimum Gasteiger partial charge on any atom is -0.451 e. The van der Waals surface area contributed by atoms with Crippen LogP contribution in [0.1, 0.15) is 0 Å². The lowest BCUT2D eigenvalue weighted by Gasteiger charge is -2.12. The van der Waals surface area contributed by atoms with Gasteiger partial charge >= 0.3 is 0 Å². The molecule has 0 saturated carbocycles. The second-order valence-electron chi connectivity index (χ2n) is 4.49. The summed E-state index contributed by atoms with van der Waals surface area (Å²) in [5, 5.41) is 0.984. The van der Waals surface area contributed by atoms with Crippen molar-refractivity contribution in [3.05, 3.63) is 48.7 Å². The molecule has 5 nitrogen and oxygen atoms in total. The molecule has 0 spiro atoms. The molecule has 2 aromatic carbocycles. The zero-order valence-electron chi connectivity index (χ0n) is 10.7. The van der Waals surface area contributed by atoms with Crippen molar-refractivity contribution in [3.63, 3.8) is 0 Å². The number of hydrogen-bond donors (Lipinski definition) is 3. The Balaban J connectivity index is 2.01. The quantitative estimate of drug-likeness (QED) is 0.619. The fourth-order valence-corrected chi connectivity index (χ4v) is 2.04. The van der Waals surface area contributed by atoms with E-state index >= 15 is 0 Å². The van der Waals surface area contributed by atoms with E-state index in [1.807, 2.05) is 30.3 Å². The van der Waals surface area contributed by atoms with Crippen LogP contribution >= 0.6 is 0 Å². The molecular formula is C15H14N4O. The predicted molar refractivity (Wildman–Crippen MR) is 81.5 cm³/mol. The van der Waals surface area contributed by atoms with Gasteiger partial charge in [0.1, 0.15) is 5.75 Å². The van der Waals surface area contributed by atoms with Crippen LogP contribution in [-0.4, -0.2) is 4.98 Å². The van der Waals surface area contributed by atoms with Crippen LogP contribution in [0.5, 0.6) is 11.5 Å². The molecule has 0 amide bonds. The van der Waals surface area contributed by atoms with Gasteiger partial charge in [-0.2, -0.15) is 0 Å². The fourth-order valence-electron chi connectivity index (χ4n) is 2.04. The number of anilines is 3. The van der Waals surface area contributed by atoms with E-state index in [4.69, 9.17) is 21.9 Å². The first-order valence-electron chi connectivity index (χ1n) is 6.10. The van der Waals surface area contributed by atoms with E-state index in [-0.39, 0.29) is 0 Å². The molecule has 0 bridgehead atoms. The van der Waals surface area contributed by atoms with Crippen LogP contribution in [0, 0.1) is 0 Å². The molecule has 6 N–H and O–H groups in total. The van der Waals surface area contributed by atoms with Gasteiger partial charge in [-0.3, -0.25) is 4.98 Å². The van der Waals surface area contributed by atoms with E-state index in [1.54, 1.807) is 18.3 Å². The predicted octanol–water partition coefficient (Wildman–Crippen LogP) is 2.77. The van der Waals surface area contributed by atoms with Gasteiger partial charge in [-0.25, -0.2) is 0 Å². The van der Waals surface area contributed by atoms with Crippen molar-refractivity contribution in [1.82, 2.24) is 4.98 Å². The Kier molecular flexibility index (Phi) is 2.80. The van der Waals surface area contributed by atoms with Crippen LogP contribution in [0.3, 0.4) is 0 Å². The molecule has 20 heavy (non-hydrogen) atoms. The standard InChI is InChI=1S/C15H14N4O/c16-10-6-12(17)15(13(18)7-10)20-11-5-9-3-1-2-4-14(9)19-8-11/h1-8H,16-18H2. The summed E-state index contributed by atoms with van der Waals surface area (Å²) in [5.74, 6) is 0.975. The molecule has 0 radical (unpaired) electrons. The maximum atomic E-state index is 5.88. The number of benzene rings is 2. The smallest absolute Gasteiger partial charge is 0.173 e. The Morgan fingerprint density at radius 3 is 2.35 bits per heavy atom. The normalized spacial score (nSPS) is 10.6. The number of pyridine rings is 1. The lowest BCUT2D eigenvalue weighted by Crippen LogP contribution is -1.99. The van der Waals surface area contributed by atoms with Crippen LogP contribution in [0.25, 0.3) is 10.9 Å². The number of nitrogens with zero attached hydrogens (tertiary/aromatic N) is 1. The highest BCUT2D eigenvalue weighted by Crippen LogP contribution is 2.35. The highest BCUT2D eigenvalue weighted by molar-refractivity contribution is 5.80. The first-order chi connectivity index (χ1) is 9.63. The van der Waals surface area contributed by atoms with Gasteiger partial charge in [-0.05, 0) is 24.3 Å². The Labute approximate surface area is 116 Å². The minimum absolute atomic E-state index is 0.399. The molecule has 3 aromatic rings. The fraction of sp³-hybridized carbons (Fsp3) is 0. The van der Waals surface area contributed by atoms with Crippen molar-refractivity contribution in [3.8, 4) is 11.5 Å².